The highest BCUT2D eigenvalue weighted by atomic mass is 16.5. The molecule has 1 rings (SSSR count). The molecule has 0 heterocycles. The van der Waals surface area contributed by atoms with Gasteiger partial charge < -0.3 is 10.5 Å². The predicted molar refractivity (Wildman–Crippen MR) is 76.9 cm³/mol. The summed E-state index contributed by atoms with van der Waals surface area (Å²) in [6.45, 7) is 3.95. The summed E-state index contributed by atoms with van der Waals surface area (Å²) in [5.74, 6) is 0.896. The van der Waals surface area contributed by atoms with E-state index in [0.717, 1.165) is 12.3 Å². The molecule has 3 nitrogen and oxygen atoms in total. The molecule has 102 valence electrons. The van der Waals surface area contributed by atoms with Crippen molar-refractivity contribution in [1.82, 2.24) is 4.90 Å². The maximum absolute atomic E-state index is 5.92. The zero-order valence-corrected chi connectivity index (χ0v) is 11.9. The van der Waals surface area contributed by atoms with Crippen LogP contribution in [0.25, 0.3) is 0 Å². The third-order valence-corrected chi connectivity index (χ3v) is 3.35. The van der Waals surface area contributed by atoms with Gasteiger partial charge in [0.25, 0.3) is 0 Å². The van der Waals surface area contributed by atoms with E-state index in [1.807, 2.05) is 12.1 Å². The number of likely N-dealkylation sites (N-methyl/N-ethyl adjacent to an activating group) is 1. The molecular weight excluding hydrogens is 224 g/mol. The second-order valence-corrected chi connectivity index (χ2v) is 4.72. The Kier molecular flexibility index (Phi) is 6.76. The van der Waals surface area contributed by atoms with Gasteiger partial charge in [-0.2, -0.15) is 0 Å². The quantitative estimate of drug-likeness (QED) is 0.721. The minimum Gasteiger partial charge on any atom is -0.497 e. The molecule has 3 heteroatoms. The van der Waals surface area contributed by atoms with Gasteiger partial charge in [0.1, 0.15) is 5.75 Å². The fourth-order valence-electron chi connectivity index (χ4n) is 2.19. The fraction of sp³-hybridized carbons (Fsp3) is 0.600. The Morgan fingerprint density at radius 3 is 2.72 bits per heavy atom. The second kappa shape index (κ2) is 8.11. The van der Waals surface area contributed by atoms with Crippen molar-refractivity contribution >= 4 is 0 Å². The van der Waals surface area contributed by atoms with E-state index in [9.17, 15) is 0 Å². The Bertz CT molecular complexity index is 341. The van der Waals surface area contributed by atoms with Crippen LogP contribution in [-0.4, -0.2) is 32.1 Å². The molecule has 0 saturated carbocycles. The molecule has 18 heavy (non-hydrogen) atoms. The van der Waals surface area contributed by atoms with Gasteiger partial charge in [0, 0.05) is 12.6 Å². The smallest absolute Gasteiger partial charge is 0.119 e. The first-order valence-electron chi connectivity index (χ1n) is 6.77. The van der Waals surface area contributed by atoms with E-state index in [1.54, 1.807) is 7.11 Å². The van der Waals surface area contributed by atoms with Gasteiger partial charge in [-0.3, -0.25) is 4.90 Å². The maximum atomic E-state index is 5.92. The molecule has 0 fully saturated rings. The van der Waals surface area contributed by atoms with Gasteiger partial charge in [-0.1, -0.05) is 31.9 Å². The predicted octanol–water partition coefficient (Wildman–Crippen LogP) is 2.82. The van der Waals surface area contributed by atoms with Crippen LogP contribution < -0.4 is 10.5 Å². The third kappa shape index (κ3) is 4.31. The third-order valence-electron chi connectivity index (χ3n) is 3.35. The Morgan fingerprint density at radius 2 is 2.11 bits per heavy atom. The Morgan fingerprint density at radius 1 is 1.33 bits per heavy atom. The van der Waals surface area contributed by atoms with Crippen molar-refractivity contribution in [1.29, 1.82) is 0 Å². The Hall–Kier alpha value is -1.06. The molecule has 0 aliphatic rings. The van der Waals surface area contributed by atoms with Crippen molar-refractivity contribution in [3.8, 4) is 5.75 Å². The topological polar surface area (TPSA) is 38.5 Å². The van der Waals surface area contributed by atoms with Crippen LogP contribution in [0.5, 0.6) is 5.75 Å². The van der Waals surface area contributed by atoms with Crippen LogP contribution in [0.1, 0.15) is 37.8 Å². The zero-order chi connectivity index (χ0) is 13.4. The number of ether oxygens (including phenoxy) is 1. The molecule has 1 aromatic carbocycles. The van der Waals surface area contributed by atoms with Crippen molar-refractivity contribution in [2.45, 2.75) is 32.2 Å². The molecule has 1 aromatic rings. The van der Waals surface area contributed by atoms with Gasteiger partial charge >= 0.3 is 0 Å². The monoisotopic (exact) mass is 250 g/mol. The van der Waals surface area contributed by atoms with E-state index in [1.165, 1.54) is 24.8 Å². The van der Waals surface area contributed by atoms with Crippen molar-refractivity contribution < 1.29 is 4.74 Å². The van der Waals surface area contributed by atoms with E-state index in [0.29, 0.717) is 6.54 Å². The minimum absolute atomic E-state index is 0.275. The van der Waals surface area contributed by atoms with Crippen LogP contribution >= 0.6 is 0 Å². The van der Waals surface area contributed by atoms with Crippen LogP contribution in [0.2, 0.25) is 0 Å². The van der Waals surface area contributed by atoms with Gasteiger partial charge in [-0.15, -0.1) is 0 Å². The van der Waals surface area contributed by atoms with Gasteiger partial charge in [0.05, 0.1) is 7.11 Å². The van der Waals surface area contributed by atoms with E-state index in [4.69, 9.17) is 10.5 Å². The highest BCUT2D eigenvalue weighted by Gasteiger charge is 2.15. The summed E-state index contributed by atoms with van der Waals surface area (Å²) in [7, 11) is 3.84. The standard InChI is InChI=1S/C15H26N2O/c1-4-5-6-10-17(2)15(12-16)13-8-7-9-14(11-13)18-3/h7-9,11,15H,4-6,10,12,16H2,1-3H3. The summed E-state index contributed by atoms with van der Waals surface area (Å²) in [4.78, 5) is 2.34. The first kappa shape index (κ1) is 15.0. The van der Waals surface area contributed by atoms with Crippen molar-refractivity contribution in [2.24, 2.45) is 5.73 Å². The number of nitrogens with two attached hydrogens (primary N) is 1. The molecule has 1 atom stereocenters. The average molecular weight is 250 g/mol. The number of unbranched alkanes of at least 4 members (excludes halogenated alkanes) is 2. The Labute approximate surface area is 111 Å². The molecule has 0 aliphatic heterocycles. The van der Waals surface area contributed by atoms with Crippen LogP contribution in [0.3, 0.4) is 0 Å². The lowest BCUT2D eigenvalue weighted by molar-refractivity contribution is 0.244. The summed E-state index contributed by atoms with van der Waals surface area (Å²) >= 11 is 0. The lowest BCUT2D eigenvalue weighted by Crippen LogP contribution is -2.31. The summed E-state index contributed by atoms with van der Waals surface area (Å²) in [5.41, 5.74) is 7.15. The molecule has 2 N–H and O–H groups in total. The van der Waals surface area contributed by atoms with E-state index in [-0.39, 0.29) is 6.04 Å². The van der Waals surface area contributed by atoms with Gasteiger partial charge in [0.2, 0.25) is 0 Å². The summed E-state index contributed by atoms with van der Waals surface area (Å²) in [5, 5.41) is 0. The number of methoxy groups -OCH3 is 1. The zero-order valence-electron chi connectivity index (χ0n) is 11.9. The molecule has 0 bridgehead atoms. The first-order chi connectivity index (χ1) is 8.72. The highest BCUT2D eigenvalue weighted by Crippen LogP contribution is 2.22. The summed E-state index contributed by atoms with van der Waals surface area (Å²) in [6, 6.07) is 8.46. The van der Waals surface area contributed by atoms with Gasteiger partial charge in [-0.25, -0.2) is 0 Å². The molecule has 1 unspecified atom stereocenters. The van der Waals surface area contributed by atoms with E-state index < -0.39 is 0 Å². The van der Waals surface area contributed by atoms with Crippen LogP contribution in [0.4, 0.5) is 0 Å². The first-order valence-corrected chi connectivity index (χ1v) is 6.77. The molecule has 0 amide bonds. The van der Waals surface area contributed by atoms with Crippen LogP contribution in [-0.2, 0) is 0 Å². The summed E-state index contributed by atoms with van der Waals surface area (Å²) < 4.78 is 5.27. The second-order valence-electron chi connectivity index (χ2n) is 4.72. The lowest BCUT2D eigenvalue weighted by atomic mass is 10.0. The highest BCUT2D eigenvalue weighted by molar-refractivity contribution is 5.30. The Balaban J connectivity index is 2.68. The molecule has 0 saturated heterocycles. The molecule has 0 aromatic heterocycles. The summed E-state index contributed by atoms with van der Waals surface area (Å²) in [6.07, 6.45) is 3.76. The molecule has 0 aliphatic carbocycles. The number of nitrogens with zero attached hydrogens (tertiary/aromatic N) is 1. The average Bonchev–Trinajstić information content (AvgIpc) is 2.40. The maximum Gasteiger partial charge on any atom is 0.119 e. The largest absolute Gasteiger partial charge is 0.497 e. The van der Waals surface area contributed by atoms with E-state index in [2.05, 4.69) is 31.0 Å². The minimum atomic E-state index is 0.275. The number of hydrogen-bond acceptors (Lipinski definition) is 3. The van der Waals surface area contributed by atoms with Gasteiger partial charge in [-0.05, 0) is 37.7 Å². The van der Waals surface area contributed by atoms with Crippen molar-refractivity contribution in [3.05, 3.63) is 29.8 Å². The SMILES string of the molecule is CCCCCN(C)C(CN)c1cccc(OC)c1. The number of hydrogen-bond donors (Lipinski definition) is 1. The molecule has 0 spiro atoms. The van der Waals surface area contributed by atoms with Crippen LogP contribution in [0, 0.1) is 0 Å². The number of rotatable bonds is 8. The lowest BCUT2D eigenvalue weighted by Gasteiger charge is -2.27. The fourth-order valence-corrected chi connectivity index (χ4v) is 2.19. The van der Waals surface area contributed by atoms with Crippen LogP contribution in [0.15, 0.2) is 24.3 Å². The van der Waals surface area contributed by atoms with E-state index >= 15 is 0 Å². The normalized spacial score (nSPS) is 12.7. The van der Waals surface area contributed by atoms with Gasteiger partial charge in [0.15, 0.2) is 0 Å². The number of benzene rings is 1. The van der Waals surface area contributed by atoms with Crippen molar-refractivity contribution in [3.63, 3.8) is 0 Å². The van der Waals surface area contributed by atoms with Crippen molar-refractivity contribution in [2.75, 3.05) is 27.2 Å². The molecule has 0 radical (unpaired) electrons. The molecular formula is C15H26N2O.